The van der Waals surface area contributed by atoms with E-state index in [4.69, 9.17) is 9.47 Å². The summed E-state index contributed by atoms with van der Waals surface area (Å²) >= 11 is 0. The maximum atomic E-state index is 15.4. The van der Waals surface area contributed by atoms with Gasteiger partial charge in [-0.2, -0.15) is 0 Å². The van der Waals surface area contributed by atoms with Gasteiger partial charge in [0.1, 0.15) is 0 Å². The molecule has 6 nitrogen and oxygen atoms in total. The van der Waals surface area contributed by atoms with Gasteiger partial charge in [0.25, 0.3) is 0 Å². The van der Waals surface area contributed by atoms with E-state index in [1.807, 2.05) is 32.9 Å². The zero-order valence-corrected chi connectivity index (χ0v) is 21.5. The lowest BCUT2D eigenvalue weighted by atomic mass is 9.65. The van der Waals surface area contributed by atoms with Crippen molar-refractivity contribution in [3.63, 3.8) is 0 Å². The predicted octanol–water partition coefficient (Wildman–Crippen LogP) is 5.19. The number of halogens is 1. The molecule has 0 fully saturated rings. The lowest BCUT2D eigenvalue weighted by Crippen LogP contribution is -2.51. The van der Waals surface area contributed by atoms with Gasteiger partial charge in [-0.05, 0) is 83.6 Å². The molecule has 188 valence electrons. The van der Waals surface area contributed by atoms with Crippen molar-refractivity contribution in [3.05, 3.63) is 57.6 Å². The number of fused-ring (bicyclic) bond motifs is 2. The van der Waals surface area contributed by atoms with Gasteiger partial charge in [0.15, 0.2) is 17.7 Å². The van der Waals surface area contributed by atoms with Gasteiger partial charge < -0.3 is 19.5 Å². The highest BCUT2D eigenvalue weighted by Crippen LogP contribution is 2.52. The fourth-order valence-electron chi connectivity index (χ4n) is 5.54. The van der Waals surface area contributed by atoms with E-state index < -0.39 is 28.9 Å². The highest BCUT2D eigenvalue weighted by molar-refractivity contribution is 6.03. The quantitative estimate of drug-likeness (QED) is 0.638. The van der Waals surface area contributed by atoms with Crippen molar-refractivity contribution in [3.8, 4) is 5.75 Å². The number of nitrogens with zero attached hydrogens (tertiary/aromatic N) is 1. The Hall–Kier alpha value is -2.93. The predicted molar refractivity (Wildman–Crippen MR) is 131 cm³/mol. The van der Waals surface area contributed by atoms with Crippen LogP contribution >= 0.6 is 0 Å². The highest BCUT2D eigenvalue weighted by Gasteiger charge is 2.50. The molecule has 1 unspecified atom stereocenters. The second-order valence-electron chi connectivity index (χ2n) is 11.0. The van der Waals surface area contributed by atoms with Crippen LogP contribution in [0, 0.1) is 18.2 Å². The van der Waals surface area contributed by atoms with Gasteiger partial charge in [-0.1, -0.05) is 17.7 Å². The standard InChI is InChI=1S/C28H34FNO5/c1-15-10-11-19-21(18-13-20(29)23-17(16(18)2)9-8-12-34-23)22(24(25(31)32)35-27(3,4)5)30(7)26(33)28(19,6)14-15/h10-11,13,24H,8-9,12,14H2,1-7H3,(H,31,32)/t24-,28?/m0/s1. The molecule has 3 aliphatic rings. The lowest BCUT2D eigenvalue weighted by molar-refractivity contribution is -0.158. The molecule has 1 N–H and O–H groups in total. The zero-order valence-electron chi connectivity index (χ0n) is 21.5. The number of carboxylic acid groups (broad SMARTS) is 1. The Balaban J connectivity index is 2.11. The number of aliphatic carboxylic acids is 1. The fraction of sp³-hybridized carbons (Fsp3) is 0.500. The van der Waals surface area contributed by atoms with Gasteiger partial charge in [0.05, 0.1) is 23.3 Å². The molecule has 4 rings (SSSR count). The Labute approximate surface area is 206 Å². The Morgan fingerprint density at radius 3 is 2.60 bits per heavy atom. The maximum absolute atomic E-state index is 15.4. The average Bonchev–Trinajstić information content (AvgIpc) is 2.77. The third-order valence-corrected chi connectivity index (χ3v) is 7.07. The lowest BCUT2D eigenvalue weighted by Gasteiger charge is -2.46. The highest BCUT2D eigenvalue weighted by atomic mass is 19.1. The summed E-state index contributed by atoms with van der Waals surface area (Å²) in [5.74, 6) is -1.65. The van der Waals surface area contributed by atoms with Crippen molar-refractivity contribution in [2.45, 2.75) is 72.5 Å². The second kappa shape index (κ2) is 8.63. The first-order chi connectivity index (χ1) is 16.3. The summed E-state index contributed by atoms with van der Waals surface area (Å²) in [4.78, 5) is 27.7. The van der Waals surface area contributed by atoms with E-state index in [-0.39, 0.29) is 17.4 Å². The third-order valence-electron chi connectivity index (χ3n) is 7.07. The molecule has 1 aliphatic carbocycles. The topological polar surface area (TPSA) is 76.1 Å². The van der Waals surface area contributed by atoms with Gasteiger partial charge in [0, 0.05) is 18.2 Å². The Bertz CT molecular complexity index is 1200. The van der Waals surface area contributed by atoms with Crippen LogP contribution in [0.1, 0.15) is 64.2 Å². The van der Waals surface area contributed by atoms with Gasteiger partial charge in [-0.3, -0.25) is 4.79 Å². The second-order valence-corrected chi connectivity index (χ2v) is 11.0. The number of ether oxygens (including phenoxy) is 2. The summed E-state index contributed by atoms with van der Waals surface area (Å²) in [6, 6.07) is 1.42. The summed E-state index contributed by atoms with van der Waals surface area (Å²) in [5.41, 5.74) is 2.95. The van der Waals surface area contributed by atoms with Gasteiger partial charge in [0.2, 0.25) is 5.91 Å². The van der Waals surface area contributed by atoms with Crippen LogP contribution in [0.3, 0.4) is 0 Å². The number of allylic oxidation sites excluding steroid dienone is 4. The van der Waals surface area contributed by atoms with Crippen LogP contribution in [0.4, 0.5) is 4.39 Å². The molecule has 0 spiro atoms. The van der Waals surface area contributed by atoms with Crippen molar-refractivity contribution in [2.75, 3.05) is 13.7 Å². The smallest absolute Gasteiger partial charge is 0.339 e. The molecule has 2 atom stereocenters. The van der Waals surface area contributed by atoms with Gasteiger partial charge in [-0.25, -0.2) is 9.18 Å². The fourth-order valence-corrected chi connectivity index (χ4v) is 5.54. The van der Waals surface area contributed by atoms with E-state index in [1.165, 1.54) is 11.0 Å². The van der Waals surface area contributed by atoms with Crippen molar-refractivity contribution in [1.82, 2.24) is 4.90 Å². The zero-order chi connectivity index (χ0) is 25.9. The molecular weight excluding hydrogens is 449 g/mol. The Kier molecular flexibility index (Phi) is 6.20. The van der Waals surface area contributed by atoms with E-state index in [0.717, 1.165) is 23.1 Å². The molecule has 2 aliphatic heterocycles. The number of carbonyl (C=O) groups is 2. The molecule has 7 heteroatoms. The van der Waals surface area contributed by atoms with Crippen LogP contribution in [0.5, 0.6) is 5.75 Å². The largest absolute Gasteiger partial charge is 0.490 e. The number of carboxylic acids is 1. The first-order valence-corrected chi connectivity index (χ1v) is 12.0. The van der Waals surface area contributed by atoms with Crippen LogP contribution in [-0.2, 0) is 20.7 Å². The Morgan fingerprint density at radius 1 is 1.29 bits per heavy atom. The van der Waals surface area contributed by atoms with E-state index in [9.17, 15) is 14.7 Å². The number of benzene rings is 1. The van der Waals surface area contributed by atoms with E-state index in [2.05, 4.69) is 0 Å². The van der Waals surface area contributed by atoms with Gasteiger partial charge in [-0.15, -0.1) is 0 Å². The van der Waals surface area contributed by atoms with Crippen molar-refractivity contribution in [1.29, 1.82) is 0 Å². The number of carbonyl (C=O) groups excluding carboxylic acids is 1. The number of hydrogen-bond acceptors (Lipinski definition) is 4. The molecular formula is C28H34FNO5. The number of likely N-dealkylation sites (N-methyl/N-ethyl adjacent to an activating group) is 1. The molecule has 1 aromatic carbocycles. The molecule has 0 aromatic heterocycles. The monoisotopic (exact) mass is 483 g/mol. The molecule has 0 saturated heterocycles. The summed E-state index contributed by atoms with van der Waals surface area (Å²) in [6.07, 6.45) is 4.33. The van der Waals surface area contributed by atoms with E-state index in [0.29, 0.717) is 36.2 Å². The first-order valence-electron chi connectivity index (χ1n) is 12.0. The minimum Gasteiger partial charge on any atom is -0.490 e. The normalized spacial score (nSPS) is 23.2. The van der Waals surface area contributed by atoms with Crippen LogP contribution < -0.4 is 4.74 Å². The summed E-state index contributed by atoms with van der Waals surface area (Å²) in [6.45, 7) is 11.5. The van der Waals surface area contributed by atoms with Crippen molar-refractivity contribution < 1.29 is 28.6 Å². The SMILES string of the molecule is CC1=CC=C2C(c3cc(F)c4c(c3C)CCCO4)=C([C@H](OC(C)(C)C)C(=O)O)N(C)C(=O)C2(C)C1. The molecule has 0 bridgehead atoms. The van der Waals surface area contributed by atoms with Crippen molar-refractivity contribution >= 4 is 17.4 Å². The molecule has 0 saturated carbocycles. The minimum absolute atomic E-state index is 0.210. The minimum atomic E-state index is -1.42. The summed E-state index contributed by atoms with van der Waals surface area (Å²) in [7, 11) is 1.59. The number of amides is 1. The van der Waals surface area contributed by atoms with Crippen LogP contribution in [0.2, 0.25) is 0 Å². The average molecular weight is 484 g/mol. The van der Waals surface area contributed by atoms with Crippen LogP contribution in [0.25, 0.3) is 5.57 Å². The van der Waals surface area contributed by atoms with Crippen LogP contribution in [-0.4, -0.2) is 47.2 Å². The van der Waals surface area contributed by atoms with Crippen molar-refractivity contribution in [2.24, 2.45) is 5.41 Å². The molecule has 1 amide bonds. The summed E-state index contributed by atoms with van der Waals surface area (Å²) in [5, 5.41) is 10.3. The van der Waals surface area contributed by atoms with Crippen LogP contribution in [0.15, 0.2) is 35.1 Å². The first kappa shape index (κ1) is 25.2. The Morgan fingerprint density at radius 2 is 1.97 bits per heavy atom. The number of rotatable bonds is 4. The van der Waals surface area contributed by atoms with E-state index in [1.54, 1.807) is 27.8 Å². The van der Waals surface area contributed by atoms with E-state index >= 15 is 4.39 Å². The molecule has 35 heavy (non-hydrogen) atoms. The summed E-state index contributed by atoms with van der Waals surface area (Å²) < 4.78 is 27.0. The number of hydrogen-bond donors (Lipinski definition) is 1. The maximum Gasteiger partial charge on any atom is 0.339 e. The van der Waals surface area contributed by atoms with Gasteiger partial charge >= 0.3 is 5.97 Å². The molecule has 2 heterocycles. The molecule has 1 aromatic rings. The third kappa shape index (κ3) is 4.20. The molecule has 0 radical (unpaired) electrons.